The van der Waals surface area contributed by atoms with Crippen molar-refractivity contribution in [1.29, 1.82) is 0 Å². The maximum Gasteiger partial charge on any atom is 0.131 e. The molecule has 0 aliphatic heterocycles. The van der Waals surface area contributed by atoms with Gasteiger partial charge in [-0.25, -0.2) is 4.39 Å². The summed E-state index contributed by atoms with van der Waals surface area (Å²) < 4.78 is 19.2. The molecule has 94 valence electrons. The predicted octanol–water partition coefficient (Wildman–Crippen LogP) is 3.35. The van der Waals surface area contributed by atoms with Crippen LogP contribution in [0.1, 0.15) is 12.5 Å². The molecule has 0 heterocycles. The zero-order chi connectivity index (χ0) is 13.0. The van der Waals surface area contributed by atoms with Crippen LogP contribution in [-0.4, -0.2) is 6.61 Å². The summed E-state index contributed by atoms with van der Waals surface area (Å²) >= 11 is 0. The Hall–Kier alpha value is -1.87. The largest absolute Gasteiger partial charge is 0.494 e. The molecule has 0 spiro atoms. The van der Waals surface area contributed by atoms with Gasteiger partial charge >= 0.3 is 0 Å². The van der Waals surface area contributed by atoms with Crippen LogP contribution < -0.4 is 10.5 Å². The predicted molar refractivity (Wildman–Crippen MR) is 70.9 cm³/mol. The van der Waals surface area contributed by atoms with Crippen molar-refractivity contribution in [3.05, 3.63) is 53.8 Å². The summed E-state index contributed by atoms with van der Waals surface area (Å²) in [7, 11) is 0. The molecule has 0 amide bonds. The fourth-order valence-electron chi connectivity index (χ4n) is 1.84. The molecule has 0 bridgehead atoms. The monoisotopic (exact) mass is 245 g/mol. The van der Waals surface area contributed by atoms with Crippen LogP contribution in [0.25, 0.3) is 11.1 Å². The lowest BCUT2D eigenvalue weighted by Gasteiger charge is -2.08. The van der Waals surface area contributed by atoms with E-state index in [4.69, 9.17) is 10.5 Å². The lowest BCUT2D eigenvalue weighted by molar-refractivity contribution is 0.340. The fourth-order valence-corrected chi connectivity index (χ4v) is 1.84. The third-order valence-electron chi connectivity index (χ3n) is 2.72. The van der Waals surface area contributed by atoms with Crippen LogP contribution >= 0.6 is 0 Å². The summed E-state index contributed by atoms with van der Waals surface area (Å²) in [5, 5.41) is 0. The Bertz CT molecular complexity index is 540. The first kappa shape index (κ1) is 12.6. The normalized spacial score (nSPS) is 10.4. The van der Waals surface area contributed by atoms with Crippen molar-refractivity contribution in [2.45, 2.75) is 13.5 Å². The molecule has 2 aromatic rings. The Morgan fingerprint density at radius 1 is 1.17 bits per heavy atom. The van der Waals surface area contributed by atoms with E-state index in [1.165, 1.54) is 6.07 Å². The SMILES string of the molecule is CCOc1cccc(-c2cc(CN)ccc2F)c1. The van der Waals surface area contributed by atoms with Crippen molar-refractivity contribution in [1.82, 2.24) is 0 Å². The van der Waals surface area contributed by atoms with Crippen molar-refractivity contribution in [2.75, 3.05) is 6.61 Å². The average Bonchev–Trinajstić information content (AvgIpc) is 2.40. The molecule has 0 aliphatic rings. The third-order valence-corrected chi connectivity index (χ3v) is 2.72. The van der Waals surface area contributed by atoms with Crippen molar-refractivity contribution in [3.8, 4) is 16.9 Å². The zero-order valence-corrected chi connectivity index (χ0v) is 10.3. The highest BCUT2D eigenvalue weighted by molar-refractivity contribution is 5.66. The van der Waals surface area contributed by atoms with Crippen LogP contribution in [0.5, 0.6) is 5.75 Å². The summed E-state index contributed by atoms with van der Waals surface area (Å²) in [6.07, 6.45) is 0. The molecule has 0 saturated heterocycles. The second-order valence-corrected chi connectivity index (χ2v) is 3.98. The van der Waals surface area contributed by atoms with Crippen LogP contribution in [-0.2, 0) is 6.54 Å². The van der Waals surface area contributed by atoms with E-state index in [1.54, 1.807) is 12.1 Å². The number of nitrogens with two attached hydrogens (primary N) is 1. The van der Waals surface area contributed by atoms with E-state index < -0.39 is 0 Å². The van der Waals surface area contributed by atoms with Crippen LogP contribution in [0.15, 0.2) is 42.5 Å². The lowest BCUT2D eigenvalue weighted by Crippen LogP contribution is -1.97. The Labute approximate surface area is 106 Å². The molecule has 0 aliphatic carbocycles. The van der Waals surface area contributed by atoms with Gasteiger partial charge in [0.1, 0.15) is 11.6 Å². The van der Waals surface area contributed by atoms with E-state index >= 15 is 0 Å². The first-order valence-electron chi connectivity index (χ1n) is 5.96. The minimum absolute atomic E-state index is 0.249. The quantitative estimate of drug-likeness (QED) is 0.896. The van der Waals surface area contributed by atoms with Crippen LogP contribution in [0.3, 0.4) is 0 Å². The summed E-state index contributed by atoms with van der Waals surface area (Å²) in [5.41, 5.74) is 7.84. The van der Waals surface area contributed by atoms with Gasteiger partial charge < -0.3 is 10.5 Å². The minimum atomic E-state index is -0.249. The highest BCUT2D eigenvalue weighted by Gasteiger charge is 2.07. The molecule has 3 heteroatoms. The van der Waals surface area contributed by atoms with Crippen LogP contribution in [0.4, 0.5) is 4.39 Å². The standard InChI is InChI=1S/C15H16FNO/c1-2-18-13-5-3-4-12(9-13)14-8-11(10-17)6-7-15(14)16/h3-9H,2,10,17H2,1H3. The smallest absolute Gasteiger partial charge is 0.131 e. The highest BCUT2D eigenvalue weighted by atomic mass is 19.1. The molecule has 0 unspecified atom stereocenters. The van der Waals surface area contributed by atoms with Gasteiger partial charge in [-0.1, -0.05) is 18.2 Å². The van der Waals surface area contributed by atoms with Crippen molar-refractivity contribution in [2.24, 2.45) is 5.73 Å². The van der Waals surface area contributed by atoms with Crippen LogP contribution in [0, 0.1) is 5.82 Å². The lowest BCUT2D eigenvalue weighted by atomic mass is 10.0. The van der Waals surface area contributed by atoms with Gasteiger partial charge in [0.2, 0.25) is 0 Å². The molecular weight excluding hydrogens is 229 g/mol. The molecule has 2 aromatic carbocycles. The van der Waals surface area contributed by atoms with Crippen LogP contribution in [0.2, 0.25) is 0 Å². The molecule has 0 saturated carbocycles. The Morgan fingerprint density at radius 3 is 2.72 bits per heavy atom. The van der Waals surface area contributed by atoms with Gasteiger partial charge in [-0.15, -0.1) is 0 Å². The third kappa shape index (κ3) is 2.68. The number of hydrogen-bond acceptors (Lipinski definition) is 2. The van der Waals surface area contributed by atoms with E-state index in [2.05, 4.69) is 0 Å². The molecular formula is C15H16FNO. The van der Waals surface area contributed by atoms with Gasteiger partial charge in [0, 0.05) is 12.1 Å². The van der Waals surface area contributed by atoms with Crippen molar-refractivity contribution >= 4 is 0 Å². The Morgan fingerprint density at radius 2 is 2.00 bits per heavy atom. The Balaban J connectivity index is 2.44. The van der Waals surface area contributed by atoms with Gasteiger partial charge in [0.05, 0.1) is 6.61 Å². The van der Waals surface area contributed by atoms with Gasteiger partial charge in [-0.2, -0.15) is 0 Å². The maximum absolute atomic E-state index is 13.8. The highest BCUT2D eigenvalue weighted by Crippen LogP contribution is 2.27. The van der Waals surface area contributed by atoms with Gasteiger partial charge in [0.25, 0.3) is 0 Å². The second-order valence-electron chi connectivity index (χ2n) is 3.98. The van der Waals surface area contributed by atoms with Gasteiger partial charge in [-0.05, 0) is 42.3 Å². The first-order valence-corrected chi connectivity index (χ1v) is 5.96. The van der Waals surface area contributed by atoms with Crippen molar-refractivity contribution < 1.29 is 9.13 Å². The van der Waals surface area contributed by atoms with E-state index in [0.717, 1.165) is 16.9 Å². The second kappa shape index (κ2) is 5.65. The molecule has 0 fully saturated rings. The summed E-state index contributed by atoms with van der Waals surface area (Å²) in [4.78, 5) is 0. The molecule has 0 atom stereocenters. The van der Waals surface area contributed by atoms with Crippen molar-refractivity contribution in [3.63, 3.8) is 0 Å². The van der Waals surface area contributed by atoms with Gasteiger partial charge in [0.15, 0.2) is 0 Å². The first-order chi connectivity index (χ1) is 8.74. The summed E-state index contributed by atoms with van der Waals surface area (Å²) in [5.74, 6) is 0.494. The molecule has 18 heavy (non-hydrogen) atoms. The zero-order valence-electron chi connectivity index (χ0n) is 10.3. The number of benzene rings is 2. The number of ether oxygens (including phenoxy) is 1. The molecule has 0 aromatic heterocycles. The fraction of sp³-hybridized carbons (Fsp3) is 0.200. The van der Waals surface area contributed by atoms with E-state index in [9.17, 15) is 4.39 Å². The number of halogens is 1. The minimum Gasteiger partial charge on any atom is -0.494 e. The topological polar surface area (TPSA) is 35.2 Å². The average molecular weight is 245 g/mol. The molecule has 2 rings (SSSR count). The number of rotatable bonds is 4. The van der Waals surface area contributed by atoms with E-state index in [-0.39, 0.29) is 5.82 Å². The maximum atomic E-state index is 13.8. The molecule has 0 radical (unpaired) electrons. The Kier molecular flexibility index (Phi) is 3.95. The van der Waals surface area contributed by atoms with E-state index in [0.29, 0.717) is 18.7 Å². The van der Waals surface area contributed by atoms with E-state index in [1.807, 2.05) is 31.2 Å². The molecule has 2 nitrogen and oxygen atoms in total. The summed E-state index contributed by atoms with van der Waals surface area (Å²) in [6, 6.07) is 12.3. The van der Waals surface area contributed by atoms with Gasteiger partial charge in [-0.3, -0.25) is 0 Å². The number of hydrogen-bond donors (Lipinski definition) is 1. The molecule has 2 N–H and O–H groups in total. The summed E-state index contributed by atoms with van der Waals surface area (Å²) in [6.45, 7) is 2.91.